The lowest BCUT2D eigenvalue weighted by Crippen LogP contribution is -2.59. The van der Waals surface area contributed by atoms with Crippen molar-refractivity contribution in [3.63, 3.8) is 0 Å². The number of carboxylic acid groups (broad SMARTS) is 1. The standard InChI is InChI=1S/C15H17F2NO4/c1-14(12(19)20)10-18(8-7-15(14,16)17)13(21)22-9-11-5-3-2-4-6-11/h2-6H,7-10H2,1H3,(H,19,20). The third-order valence-corrected chi connectivity index (χ3v) is 3.95. The van der Waals surface area contributed by atoms with Gasteiger partial charge in [-0.1, -0.05) is 30.3 Å². The van der Waals surface area contributed by atoms with Crippen molar-refractivity contribution in [1.29, 1.82) is 0 Å². The summed E-state index contributed by atoms with van der Waals surface area (Å²) in [6.45, 7) is 0.148. The fraction of sp³-hybridized carbons (Fsp3) is 0.467. The van der Waals surface area contributed by atoms with Crippen LogP contribution in [0, 0.1) is 5.41 Å². The number of hydrogen-bond donors (Lipinski definition) is 1. The van der Waals surface area contributed by atoms with Gasteiger partial charge in [-0.25, -0.2) is 13.6 Å². The first-order chi connectivity index (χ1) is 10.3. The van der Waals surface area contributed by atoms with Gasteiger partial charge in [0.25, 0.3) is 5.92 Å². The third-order valence-electron chi connectivity index (χ3n) is 3.95. The van der Waals surface area contributed by atoms with Crippen LogP contribution in [0.15, 0.2) is 30.3 Å². The predicted octanol–water partition coefficient (Wildman–Crippen LogP) is 2.76. The zero-order valence-corrected chi connectivity index (χ0v) is 12.1. The molecule has 22 heavy (non-hydrogen) atoms. The van der Waals surface area contributed by atoms with Gasteiger partial charge in [-0.15, -0.1) is 0 Å². The van der Waals surface area contributed by atoms with Crippen LogP contribution in [0.1, 0.15) is 18.9 Å². The topological polar surface area (TPSA) is 66.8 Å². The molecule has 1 amide bonds. The van der Waals surface area contributed by atoms with Crippen molar-refractivity contribution in [3.05, 3.63) is 35.9 Å². The Morgan fingerprint density at radius 2 is 1.95 bits per heavy atom. The number of likely N-dealkylation sites (tertiary alicyclic amines) is 1. The minimum Gasteiger partial charge on any atom is -0.481 e. The van der Waals surface area contributed by atoms with Crippen LogP contribution in [-0.2, 0) is 16.1 Å². The third kappa shape index (κ3) is 3.03. The Labute approximate surface area is 126 Å². The quantitative estimate of drug-likeness (QED) is 0.932. The van der Waals surface area contributed by atoms with E-state index < -0.39 is 36.4 Å². The smallest absolute Gasteiger partial charge is 0.410 e. The second-order valence-corrected chi connectivity index (χ2v) is 5.55. The molecule has 1 aromatic rings. The Kier molecular flexibility index (Phi) is 4.35. The number of benzene rings is 1. The van der Waals surface area contributed by atoms with Crippen LogP contribution >= 0.6 is 0 Å². The highest BCUT2D eigenvalue weighted by Crippen LogP contribution is 2.43. The number of amides is 1. The van der Waals surface area contributed by atoms with Crippen LogP contribution in [0.25, 0.3) is 0 Å². The lowest BCUT2D eigenvalue weighted by Gasteiger charge is -2.42. The number of aliphatic carboxylic acids is 1. The van der Waals surface area contributed by atoms with E-state index in [1.807, 2.05) is 6.07 Å². The van der Waals surface area contributed by atoms with Gasteiger partial charge in [0.15, 0.2) is 0 Å². The number of alkyl halides is 2. The van der Waals surface area contributed by atoms with Crippen LogP contribution < -0.4 is 0 Å². The molecule has 0 aromatic heterocycles. The van der Waals surface area contributed by atoms with E-state index in [0.29, 0.717) is 0 Å². The first-order valence-electron chi connectivity index (χ1n) is 6.83. The molecular formula is C15H17F2NO4. The molecule has 0 radical (unpaired) electrons. The van der Waals surface area contributed by atoms with E-state index >= 15 is 0 Å². The molecule has 120 valence electrons. The Morgan fingerprint density at radius 1 is 1.32 bits per heavy atom. The normalized spacial score (nSPS) is 23.9. The van der Waals surface area contributed by atoms with E-state index in [4.69, 9.17) is 9.84 Å². The Morgan fingerprint density at radius 3 is 2.55 bits per heavy atom. The van der Waals surface area contributed by atoms with Gasteiger partial charge in [-0.05, 0) is 12.5 Å². The van der Waals surface area contributed by atoms with E-state index in [1.54, 1.807) is 24.3 Å². The monoisotopic (exact) mass is 313 g/mol. The summed E-state index contributed by atoms with van der Waals surface area (Å²) in [5.74, 6) is -4.99. The van der Waals surface area contributed by atoms with Crippen molar-refractivity contribution in [1.82, 2.24) is 4.90 Å². The van der Waals surface area contributed by atoms with Crippen LogP contribution in [0.2, 0.25) is 0 Å². The largest absolute Gasteiger partial charge is 0.481 e. The number of carbonyl (C=O) groups is 2. The molecule has 0 saturated carbocycles. The molecule has 1 atom stereocenters. The molecule has 1 aliphatic heterocycles. The van der Waals surface area contributed by atoms with E-state index in [9.17, 15) is 18.4 Å². The number of hydrogen-bond acceptors (Lipinski definition) is 3. The molecule has 7 heteroatoms. The maximum absolute atomic E-state index is 13.8. The van der Waals surface area contributed by atoms with Crippen molar-refractivity contribution < 1.29 is 28.2 Å². The van der Waals surface area contributed by atoms with E-state index in [1.165, 1.54) is 0 Å². The fourth-order valence-corrected chi connectivity index (χ4v) is 2.32. The summed E-state index contributed by atoms with van der Waals surface area (Å²) in [7, 11) is 0. The number of carboxylic acids is 1. The van der Waals surface area contributed by atoms with Gasteiger partial charge in [-0.2, -0.15) is 0 Å². The van der Waals surface area contributed by atoms with Gasteiger partial charge in [0.2, 0.25) is 0 Å². The number of carbonyl (C=O) groups excluding carboxylic acids is 1. The van der Waals surface area contributed by atoms with E-state index in [2.05, 4.69) is 0 Å². The van der Waals surface area contributed by atoms with Crippen LogP contribution in [0.3, 0.4) is 0 Å². The summed E-state index contributed by atoms with van der Waals surface area (Å²) in [5.41, 5.74) is -1.55. The molecule has 2 rings (SSSR count). The van der Waals surface area contributed by atoms with Crippen molar-refractivity contribution in [2.45, 2.75) is 25.9 Å². The van der Waals surface area contributed by atoms with Crippen LogP contribution in [0.4, 0.5) is 13.6 Å². The second-order valence-electron chi connectivity index (χ2n) is 5.55. The zero-order chi connectivity index (χ0) is 16.4. The van der Waals surface area contributed by atoms with Crippen LogP contribution in [-0.4, -0.2) is 41.1 Å². The molecule has 0 spiro atoms. The molecule has 1 heterocycles. The summed E-state index contributed by atoms with van der Waals surface area (Å²) in [6, 6.07) is 8.91. The zero-order valence-electron chi connectivity index (χ0n) is 12.1. The maximum Gasteiger partial charge on any atom is 0.410 e. The lowest BCUT2D eigenvalue weighted by molar-refractivity contribution is -0.190. The molecule has 0 aliphatic carbocycles. The highest BCUT2D eigenvalue weighted by atomic mass is 19.3. The molecule has 1 saturated heterocycles. The minimum absolute atomic E-state index is 0.0103. The highest BCUT2D eigenvalue weighted by molar-refractivity contribution is 5.78. The molecule has 1 fully saturated rings. The fourth-order valence-electron chi connectivity index (χ4n) is 2.32. The molecule has 5 nitrogen and oxygen atoms in total. The van der Waals surface area contributed by atoms with Gasteiger partial charge >= 0.3 is 12.1 Å². The molecule has 1 unspecified atom stereocenters. The number of rotatable bonds is 3. The number of nitrogens with zero attached hydrogens (tertiary/aromatic N) is 1. The number of halogens is 2. The molecule has 1 N–H and O–H groups in total. The summed E-state index contributed by atoms with van der Waals surface area (Å²) >= 11 is 0. The molecule has 1 aromatic carbocycles. The van der Waals surface area contributed by atoms with Gasteiger partial charge < -0.3 is 14.7 Å². The van der Waals surface area contributed by atoms with Gasteiger partial charge in [-0.3, -0.25) is 4.79 Å². The van der Waals surface area contributed by atoms with Gasteiger partial charge in [0, 0.05) is 19.5 Å². The summed E-state index contributed by atoms with van der Waals surface area (Å²) in [6.07, 6.45) is -1.48. The summed E-state index contributed by atoms with van der Waals surface area (Å²) in [4.78, 5) is 24.2. The van der Waals surface area contributed by atoms with Crippen molar-refractivity contribution in [3.8, 4) is 0 Å². The summed E-state index contributed by atoms with van der Waals surface area (Å²) in [5, 5.41) is 9.08. The average molecular weight is 313 g/mol. The molecule has 1 aliphatic rings. The maximum atomic E-state index is 13.8. The first-order valence-corrected chi connectivity index (χ1v) is 6.83. The van der Waals surface area contributed by atoms with Gasteiger partial charge in [0.1, 0.15) is 12.0 Å². The highest BCUT2D eigenvalue weighted by Gasteiger charge is 2.59. The Balaban J connectivity index is 2.01. The molecule has 0 bridgehead atoms. The Hall–Kier alpha value is -2.18. The molecular weight excluding hydrogens is 296 g/mol. The van der Waals surface area contributed by atoms with Gasteiger partial charge in [0.05, 0.1) is 0 Å². The number of piperidine rings is 1. The van der Waals surface area contributed by atoms with Crippen molar-refractivity contribution in [2.75, 3.05) is 13.1 Å². The SMILES string of the molecule is CC1(C(=O)O)CN(C(=O)OCc2ccccc2)CCC1(F)F. The first kappa shape index (κ1) is 16.2. The predicted molar refractivity (Wildman–Crippen MR) is 73.5 cm³/mol. The van der Waals surface area contributed by atoms with E-state index in [-0.39, 0.29) is 13.2 Å². The lowest BCUT2D eigenvalue weighted by atomic mass is 9.78. The van der Waals surface area contributed by atoms with Crippen LogP contribution in [0.5, 0.6) is 0 Å². The Bertz CT molecular complexity index is 564. The van der Waals surface area contributed by atoms with Crippen molar-refractivity contribution >= 4 is 12.1 Å². The van der Waals surface area contributed by atoms with Crippen molar-refractivity contribution in [2.24, 2.45) is 5.41 Å². The average Bonchev–Trinajstić information content (AvgIpc) is 2.48. The second kappa shape index (κ2) is 5.90. The van der Waals surface area contributed by atoms with E-state index in [0.717, 1.165) is 17.4 Å². The minimum atomic E-state index is -3.37. The number of ether oxygens (including phenoxy) is 1. The summed E-state index contributed by atoms with van der Waals surface area (Å²) < 4.78 is 32.7.